The number of rotatable bonds is 2. The summed E-state index contributed by atoms with van der Waals surface area (Å²) in [6.45, 7) is 2.07. The van der Waals surface area contributed by atoms with Crippen LogP contribution in [0, 0.1) is 0 Å². The van der Waals surface area contributed by atoms with Gasteiger partial charge in [0.05, 0.1) is 5.54 Å². The third-order valence-electron chi connectivity index (χ3n) is 3.43. The molecule has 1 aromatic heterocycles. The summed E-state index contributed by atoms with van der Waals surface area (Å²) in [7, 11) is 0. The van der Waals surface area contributed by atoms with Crippen LogP contribution in [0.25, 0.3) is 10.1 Å². The minimum atomic E-state index is -0.447. The molecule has 1 unspecified atom stereocenters. The molecule has 0 aliphatic carbocycles. The molecular weight excluding hydrogens is 238 g/mol. The molecule has 0 spiro atoms. The molecule has 1 heterocycles. The molecule has 0 saturated carbocycles. The van der Waals surface area contributed by atoms with Gasteiger partial charge in [0, 0.05) is 4.70 Å². The van der Waals surface area contributed by atoms with Crippen molar-refractivity contribution in [3.63, 3.8) is 0 Å². The first-order chi connectivity index (χ1) is 8.68. The lowest BCUT2D eigenvalue weighted by Crippen LogP contribution is -2.34. The van der Waals surface area contributed by atoms with Crippen molar-refractivity contribution in [2.24, 2.45) is 5.73 Å². The Morgan fingerprint density at radius 2 is 1.72 bits per heavy atom. The molecule has 0 amide bonds. The molecule has 1 nitrogen and oxygen atoms in total. The zero-order valence-corrected chi connectivity index (χ0v) is 11.1. The lowest BCUT2D eigenvalue weighted by atomic mass is 9.85. The Morgan fingerprint density at radius 1 is 0.944 bits per heavy atom. The van der Waals surface area contributed by atoms with Gasteiger partial charge >= 0.3 is 0 Å². The number of nitrogens with two attached hydrogens (primary N) is 1. The molecule has 3 aromatic rings. The van der Waals surface area contributed by atoms with Crippen molar-refractivity contribution < 1.29 is 0 Å². The van der Waals surface area contributed by atoms with E-state index >= 15 is 0 Å². The quantitative estimate of drug-likeness (QED) is 0.730. The van der Waals surface area contributed by atoms with E-state index in [0.717, 1.165) is 11.1 Å². The predicted octanol–water partition coefficient (Wildman–Crippen LogP) is 4.12. The van der Waals surface area contributed by atoms with Gasteiger partial charge in [0.15, 0.2) is 0 Å². The van der Waals surface area contributed by atoms with Crippen LogP contribution < -0.4 is 5.73 Å². The standard InChI is InChI=1S/C16H15NS/c1-16(17,13-5-3-2-4-6-13)14-7-8-15-12(11-14)9-10-18-15/h2-11H,17H2,1H3. The van der Waals surface area contributed by atoms with Gasteiger partial charge in [-0.05, 0) is 47.0 Å². The lowest BCUT2D eigenvalue weighted by Gasteiger charge is -2.26. The van der Waals surface area contributed by atoms with Crippen LogP contribution in [-0.4, -0.2) is 0 Å². The molecule has 0 radical (unpaired) electrons. The summed E-state index contributed by atoms with van der Waals surface area (Å²) in [5, 5.41) is 3.38. The number of hydrogen-bond donors (Lipinski definition) is 1. The monoisotopic (exact) mass is 253 g/mol. The zero-order chi connectivity index (χ0) is 12.6. The van der Waals surface area contributed by atoms with Crippen LogP contribution in [0.5, 0.6) is 0 Å². The highest BCUT2D eigenvalue weighted by Crippen LogP contribution is 2.30. The molecule has 0 fully saturated rings. The van der Waals surface area contributed by atoms with E-state index in [2.05, 4.69) is 48.7 Å². The van der Waals surface area contributed by atoms with Crippen molar-refractivity contribution in [3.8, 4) is 0 Å². The van der Waals surface area contributed by atoms with Crippen LogP contribution in [0.15, 0.2) is 60.0 Å². The second kappa shape index (κ2) is 4.23. The van der Waals surface area contributed by atoms with E-state index in [9.17, 15) is 0 Å². The molecular formula is C16H15NS. The maximum atomic E-state index is 6.52. The van der Waals surface area contributed by atoms with Crippen molar-refractivity contribution in [3.05, 3.63) is 71.1 Å². The van der Waals surface area contributed by atoms with Gasteiger partial charge in [-0.3, -0.25) is 0 Å². The summed E-state index contributed by atoms with van der Waals surface area (Å²) in [6, 6.07) is 18.9. The Labute approximate surface area is 111 Å². The molecule has 3 rings (SSSR count). The first-order valence-corrected chi connectivity index (χ1v) is 6.88. The molecule has 2 N–H and O–H groups in total. The normalized spacial score (nSPS) is 14.6. The van der Waals surface area contributed by atoms with Crippen molar-refractivity contribution in [1.82, 2.24) is 0 Å². The second-order valence-electron chi connectivity index (χ2n) is 4.74. The average Bonchev–Trinajstić information content (AvgIpc) is 2.87. The van der Waals surface area contributed by atoms with Gasteiger partial charge in [-0.25, -0.2) is 0 Å². The molecule has 0 aliphatic rings. The smallest absolute Gasteiger partial charge is 0.0637 e. The van der Waals surface area contributed by atoms with Gasteiger partial charge in [0.2, 0.25) is 0 Å². The summed E-state index contributed by atoms with van der Waals surface area (Å²) in [4.78, 5) is 0. The fraction of sp³-hybridized carbons (Fsp3) is 0.125. The third-order valence-corrected chi connectivity index (χ3v) is 4.32. The first-order valence-electron chi connectivity index (χ1n) is 6.00. The summed E-state index contributed by atoms with van der Waals surface area (Å²) in [5.74, 6) is 0. The van der Waals surface area contributed by atoms with Gasteiger partial charge in [-0.1, -0.05) is 36.4 Å². The number of benzene rings is 2. The maximum Gasteiger partial charge on any atom is 0.0637 e. The van der Waals surface area contributed by atoms with E-state index in [0.29, 0.717) is 0 Å². The minimum Gasteiger partial charge on any atom is -0.318 e. The van der Waals surface area contributed by atoms with Crippen LogP contribution in [0.2, 0.25) is 0 Å². The fourth-order valence-electron chi connectivity index (χ4n) is 2.24. The molecule has 0 aliphatic heterocycles. The molecule has 1 atom stereocenters. The molecule has 0 saturated heterocycles. The largest absolute Gasteiger partial charge is 0.318 e. The van der Waals surface area contributed by atoms with E-state index in [4.69, 9.17) is 5.73 Å². The number of thiophene rings is 1. The van der Waals surface area contributed by atoms with Crippen LogP contribution in [0.4, 0.5) is 0 Å². The summed E-state index contributed by atoms with van der Waals surface area (Å²) in [6.07, 6.45) is 0. The lowest BCUT2D eigenvalue weighted by molar-refractivity contribution is 0.604. The summed E-state index contributed by atoms with van der Waals surface area (Å²) >= 11 is 1.76. The van der Waals surface area contributed by atoms with Crippen LogP contribution in [0.1, 0.15) is 18.1 Å². The van der Waals surface area contributed by atoms with Gasteiger partial charge in [-0.15, -0.1) is 11.3 Å². The first kappa shape index (κ1) is 11.5. The van der Waals surface area contributed by atoms with Crippen LogP contribution in [-0.2, 0) is 5.54 Å². The SMILES string of the molecule is CC(N)(c1ccccc1)c1ccc2sccc2c1. The van der Waals surface area contributed by atoms with Gasteiger partial charge in [0.25, 0.3) is 0 Å². The number of fused-ring (bicyclic) bond motifs is 1. The van der Waals surface area contributed by atoms with Crippen molar-refractivity contribution in [2.45, 2.75) is 12.5 Å². The highest BCUT2D eigenvalue weighted by atomic mass is 32.1. The summed E-state index contributed by atoms with van der Waals surface area (Å²) < 4.78 is 1.31. The van der Waals surface area contributed by atoms with Gasteiger partial charge in [0.1, 0.15) is 0 Å². The van der Waals surface area contributed by atoms with E-state index in [-0.39, 0.29) is 0 Å². The minimum absolute atomic E-state index is 0.447. The van der Waals surface area contributed by atoms with Crippen molar-refractivity contribution in [1.29, 1.82) is 0 Å². The molecule has 18 heavy (non-hydrogen) atoms. The predicted molar refractivity (Wildman–Crippen MR) is 78.9 cm³/mol. The Balaban J connectivity index is 2.12. The Hall–Kier alpha value is -1.64. The topological polar surface area (TPSA) is 26.0 Å². The maximum absolute atomic E-state index is 6.52. The zero-order valence-electron chi connectivity index (χ0n) is 10.3. The van der Waals surface area contributed by atoms with E-state index in [1.54, 1.807) is 11.3 Å². The molecule has 90 valence electrons. The van der Waals surface area contributed by atoms with E-state index < -0.39 is 5.54 Å². The third kappa shape index (κ3) is 1.84. The van der Waals surface area contributed by atoms with Crippen LogP contribution in [0.3, 0.4) is 0 Å². The van der Waals surface area contributed by atoms with Crippen molar-refractivity contribution >= 4 is 21.4 Å². The van der Waals surface area contributed by atoms with Crippen LogP contribution >= 0.6 is 11.3 Å². The highest BCUT2D eigenvalue weighted by Gasteiger charge is 2.23. The average molecular weight is 253 g/mol. The van der Waals surface area contributed by atoms with E-state index in [1.807, 2.05) is 18.2 Å². The van der Waals surface area contributed by atoms with Gasteiger partial charge in [-0.2, -0.15) is 0 Å². The molecule has 2 aromatic carbocycles. The summed E-state index contributed by atoms with van der Waals surface area (Å²) in [5.41, 5.74) is 8.37. The number of hydrogen-bond acceptors (Lipinski definition) is 2. The van der Waals surface area contributed by atoms with Crippen molar-refractivity contribution in [2.75, 3.05) is 0 Å². The highest BCUT2D eigenvalue weighted by molar-refractivity contribution is 7.17. The Bertz CT molecular complexity index is 668. The van der Waals surface area contributed by atoms with E-state index in [1.165, 1.54) is 10.1 Å². The van der Waals surface area contributed by atoms with Gasteiger partial charge < -0.3 is 5.73 Å². The molecule has 2 heteroatoms. The second-order valence-corrected chi connectivity index (χ2v) is 5.69. The molecule has 0 bridgehead atoms. The fourth-order valence-corrected chi connectivity index (χ4v) is 3.01. The Morgan fingerprint density at radius 3 is 2.50 bits per heavy atom. The Kier molecular flexibility index (Phi) is 2.69.